The lowest BCUT2D eigenvalue weighted by Gasteiger charge is -2.16. The summed E-state index contributed by atoms with van der Waals surface area (Å²) in [6, 6.07) is 11.5. The molecule has 2 aromatic rings. The van der Waals surface area contributed by atoms with Gasteiger partial charge >= 0.3 is 6.18 Å². The maximum atomic E-state index is 13.8. The zero-order valence-electron chi connectivity index (χ0n) is 11.0. The Morgan fingerprint density at radius 2 is 1.57 bits per heavy atom. The van der Waals surface area contributed by atoms with Gasteiger partial charge in [-0.1, -0.05) is 46.3 Å². The molecule has 0 saturated heterocycles. The SMILES string of the molecule is Fc1ccccc1C(CBr)Cc1ccc(C(F)(F)F)cc1. The summed E-state index contributed by atoms with van der Waals surface area (Å²) in [4.78, 5) is 0. The maximum Gasteiger partial charge on any atom is 0.416 e. The predicted molar refractivity (Wildman–Crippen MR) is 78.1 cm³/mol. The van der Waals surface area contributed by atoms with Gasteiger partial charge in [0, 0.05) is 11.2 Å². The standard InChI is InChI=1S/C16H13BrF4/c17-10-12(14-3-1-2-4-15(14)18)9-11-5-7-13(8-6-11)16(19,20)21/h1-8,12H,9-10H2. The van der Waals surface area contributed by atoms with Gasteiger partial charge in [0.2, 0.25) is 0 Å². The number of hydrogen-bond donors (Lipinski definition) is 0. The molecule has 0 aliphatic heterocycles. The second-order valence-electron chi connectivity index (χ2n) is 4.77. The van der Waals surface area contributed by atoms with Gasteiger partial charge in [-0.05, 0) is 35.7 Å². The van der Waals surface area contributed by atoms with E-state index in [0.717, 1.165) is 17.7 Å². The normalized spacial score (nSPS) is 13.2. The van der Waals surface area contributed by atoms with E-state index in [9.17, 15) is 17.6 Å². The fourth-order valence-electron chi connectivity index (χ4n) is 2.17. The molecule has 0 nitrogen and oxygen atoms in total. The highest BCUT2D eigenvalue weighted by Gasteiger charge is 2.30. The van der Waals surface area contributed by atoms with E-state index in [4.69, 9.17) is 0 Å². The third kappa shape index (κ3) is 4.06. The van der Waals surface area contributed by atoms with Gasteiger partial charge in [0.1, 0.15) is 5.82 Å². The van der Waals surface area contributed by atoms with E-state index in [1.807, 2.05) is 0 Å². The molecular formula is C16H13BrF4. The Kier molecular flexibility index (Phi) is 5.04. The lowest BCUT2D eigenvalue weighted by molar-refractivity contribution is -0.137. The van der Waals surface area contributed by atoms with Crippen molar-refractivity contribution >= 4 is 15.9 Å². The van der Waals surface area contributed by atoms with Crippen molar-refractivity contribution in [1.29, 1.82) is 0 Å². The second kappa shape index (κ2) is 6.60. The van der Waals surface area contributed by atoms with E-state index in [-0.39, 0.29) is 11.7 Å². The summed E-state index contributed by atoms with van der Waals surface area (Å²) in [5, 5.41) is 0.537. The molecule has 0 aromatic heterocycles. The van der Waals surface area contributed by atoms with Crippen LogP contribution in [0.4, 0.5) is 17.6 Å². The minimum Gasteiger partial charge on any atom is -0.207 e. The van der Waals surface area contributed by atoms with Crippen molar-refractivity contribution in [1.82, 2.24) is 0 Å². The van der Waals surface area contributed by atoms with Crippen molar-refractivity contribution in [3.63, 3.8) is 0 Å². The first-order chi connectivity index (χ1) is 9.91. The highest BCUT2D eigenvalue weighted by Crippen LogP contribution is 2.30. The van der Waals surface area contributed by atoms with Crippen LogP contribution in [0.2, 0.25) is 0 Å². The Morgan fingerprint density at radius 1 is 0.952 bits per heavy atom. The Morgan fingerprint density at radius 3 is 2.10 bits per heavy atom. The molecule has 2 rings (SSSR count). The first kappa shape index (κ1) is 16.0. The second-order valence-corrected chi connectivity index (χ2v) is 5.42. The lowest BCUT2D eigenvalue weighted by atomic mass is 9.93. The van der Waals surface area contributed by atoms with Gasteiger partial charge in [0.15, 0.2) is 0 Å². The summed E-state index contributed by atoms with van der Waals surface area (Å²) in [5.74, 6) is -0.420. The topological polar surface area (TPSA) is 0 Å². The van der Waals surface area contributed by atoms with Gasteiger partial charge in [0.25, 0.3) is 0 Å². The fourth-order valence-corrected chi connectivity index (χ4v) is 2.75. The smallest absolute Gasteiger partial charge is 0.207 e. The van der Waals surface area contributed by atoms with E-state index < -0.39 is 11.7 Å². The first-order valence-corrected chi connectivity index (χ1v) is 7.50. The average molecular weight is 361 g/mol. The monoisotopic (exact) mass is 360 g/mol. The molecule has 0 aliphatic carbocycles. The first-order valence-electron chi connectivity index (χ1n) is 6.38. The molecule has 2 aromatic carbocycles. The third-order valence-corrected chi connectivity index (χ3v) is 4.08. The number of alkyl halides is 4. The minimum atomic E-state index is -4.33. The molecule has 21 heavy (non-hydrogen) atoms. The predicted octanol–water partition coefficient (Wildman–Crippen LogP) is 5.57. The van der Waals surface area contributed by atoms with Crippen LogP contribution in [0.25, 0.3) is 0 Å². The Balaban J connectivity index is 2.18. The lowest BCUT2D eigenvalue weighted by Crippen LogP contribution is -2.08. The van der Waals surface area contributed by atoms with E-state index in [0.29, 0.717) is 17.3 Å². The quantitative estimate of drug-likeness (QED) is 0.494. The van der Waals surface area contributed by atoms with E-state index in [1.54, 1.807) is 18.2 Å². The minimum absolute atomic E-state index is 0.122. The number of hydrogen-bond acceptors (Lipinski definition) is 0. The van der Waals surface area contributed by atoms with Crippen LogP contribution in [0.5, 0.6) is 0 Å². The maximum absolute atomic E-state index is 13.8. The van der Waals surface area contributed by atoms with Crippen LogP contribution in [0.15, 0.2) is 48.5 Å². The van der Waals surface area contributed by atoms with Crippen LogP contribution in [-0.2, 0) is 12.6 Å². The van der Waals surface area contributed by atoms with Crippen molar-refractivity contribution < 1.29 is 17.6 Å². The van der Waals surface area contributed by atoms with Crippen LogP contribution in [0.1, 0.15) is 22.6 Å². The molecule has 0 spiro atoms. The summed E-state index contributed by atoms with van der Waals surface area (Å²) in [6.45, 7) is 0. The van der Waals surface area contributed by atoms with Crippen LogP contribution in [0, 0.1) is 5.82 Å². The Labute approximate surface area is 128 Å². The fraction of sp³-hybridized carbons (Fsp3) is 0.250. The van der Waals surface area contributed by atoms with Gasteiger partial charge in [-0.25, -0.2) is 4.39 Å². The van der Waals surface area contributed by atoms with E-state index in [2.05, 4.69) is 15.9 Å². The largest absolute Gasteiger partial charge is 0.416 e. The summed E-state index contributed by atoms with van der Waals surface area (Å²) in [6.07, 6.45) is -3.86. The zero-order valence-corrected chi connectivity index (χ0v) is 12.6. The molecule has 0 N–H and O–H groups in total. The zero-order chi connectivity index (χ0) is 15.5. The Hall–Kier alpha value is -1.36. The van der Waals surface area contributed by atoms with Crippen molar-refractivity contribution in [2.45, 2.75) is 18.5 Å². The highest BCUT2D eigenvalue weighted by molar-refractivity contribution is 9.09. The van der Waals surface area contributed by atoms with Gasteiger partial charge < -0.3 is 0 Å². The molecule has 0 amide bonds. The molecule has 0 bridgehead atoms. The van der Waals surface area contributed by atoms with Gasteiger partial charge in [-0.15, -0.1) is 0 Å². The molecule has 0 aliphatic rings. The molecule has 0 saturated carbocycles. The highest BCUT2D eigenvalue weighted by atomic mass is 79.9. The van der Waals surface area contributed by atoms with Crippen molar-refractivity contribution in [3.05, 3.63) is 71.0 Å². The van der Waals surface area contributed by atoms with Crippen molar-refractivity contribution in [2.24, 2.45) is 0 Å². The summed E-state index contributed by atoms with van der Waals surface area (Å²) in [5.41, 5.74) is 0.637. The summed E-state index contributed by atoms with van der Waals surface area (Å²) < 4.78 is 51.3. The van der Waals surface area contributed by atoms with Crippen LogP contribution in [-0.4, -0.2) is 5.33 Å². The van der Waals surface area contributed by atoms with Crippen molar-refractivity contribution in [2.75, 3.05) is 5.33 Å². The molecule has 0 fully saturated rings. The molecule has 112 valence electrons. The van der Waals surface area contributed by atoms with Crippen LogP contribution >= 0.6 is 15.9 Å². The summed E-state index contributed by atoms with van der Waals surface area (Å²) in [7, 11) is 0. The number of benzene rings is 2. The molecule has 1 atom stereocenters. The number of rotatable bonds is 4. The molecule has 0 heterocycles. The van der Waals surface area contributed by atoms with Gasteiger partial charge in [-0.2, -0.15) is 13.2 Å². The molecule has 1 unspecified atom stereocenters. The molecular weight excluding hydrogens is 348 g/mol. The molecule has 5 heteroatoms. The van der Waals surface area contributed by atoms with Gasteiger partial charge in [0.05, 0.1) is 5.56 Å². The summed E-state index contributed by atoms with van der Waals surface area (Å²) >= 11 is 3.34. The Bertz CT molecular complexity index is 590. The third-order valence-electron chi connectivity index (χ3n) is 3.29. The number of halogens is 5. The van der Waals surface area contributed by atoms with E-state index >= 15 is 0 Å². The van der Waals surface area contributed by atoms with Crippen LogP contribution in [0.3, 0.4) is 0 Å². The van der Waals surface area contributed by atoms with Gasteiger partial charge in [-0.3, -0.25) is 0 Å². The van der Waals surface area contributed by atoms with Crippen LogP contribution < -0.4 is 0 Å². The average Bonchev–Trinajstić information content (AvgIpc) is 2.45. The van der Waals surface area contributed by atoms with Crippen molar-refractivity contribution in [3.8, 4) is 0 Å². The molecule has 0 radical (unpaired) electrons. The van der Waals surface area contributed by atoms with E-state index in [1.165, 1.54) is 18.2 Å².